The van der Waals surface area contributed by atoms with E-state index in [4.69, 9.17) is 0 Å². The molecule has 0 atom stereocenters. The minimum Gasteiger partial charge on any atom is -0.323 e. The smallest absolute Gasteiger partial charge is 0.214 e. The Balaban J connectivity index is 2.61. The molecule has 0 spiro atoms. The molecule has 3 rings (SSSR count). The zero-order chi connectivity index (χ0) is 9.54. The summed E-state index contributed by atoms with van der Waals surface area (Å²) in [5, 5.41) is 2.91. The number of nitrogens with zero attached hydrogens (tertiary/aromatic N) is 3. The molecule has 0 radical (unpaired) electrons. The summed E-state index contributed by atoms with van der Waals surface area (Å²) in [5.41, 5.74) is 1.86. The van der Waals surface area contributed by atoms with Gasteiger partial charge in [0.1, 0.15) is 0 Å². The van der Waals surface area contributed by atoms with Crippen molar-refractivity contribution in [2.45, 2.75) is 0 Å². The monoisotopic (exact) mass is 186 g/mol. The van der Waals surface area contributed by atoms with Gasteiger partial charge in [0.05, 0.1) is 17.2 Å². The number of hydrogen-bond acceptors (Lipinski definition) is 3. The Morgan fingerprint density at radius 2 is 2.21 bits per heavy atom. The molecule has 14 heavy (non-hydrogen) atoms. The van der Waals surface area contributed by atoms with E-state index in [0.717, 1.165) is 11.0 Å². The molecule has 2 aromatic heterocycles. The number of H-pyrrole nitrogens is 1. The van der Waals surface area contributed by atoms with Crippen molar-refractivity contribution in [2.75, 3.05) is 0 Å². The van der Waals surface area contributed by atoms with E-state index >= 15 is 0 Å². The van der Waals surface area contributed by atoms with Gasteiger partial charge in [-0.05, 0) is 17.3 Å². The van der Waals surface area contributed by atoms with Crippen LogP contribution >= 0.6 is 0 Å². The molecular weight excluding hydrogens is 180 g/mol. The topological polar surface area (TPSA) is 62.5 Å². The van der Waals surface area contributed by atoms with Crippen LogP contribution in [-0.2, 0) is 0 Å². The van der Waals surface area contributed by atoms with Gasteiger partial charge in [0.2, 0.25) is 11.6 Å². The Kier molecular flexibility index (Phi) is 1.25. The lowest BCUT2D eigenvalue weighted by molar-refractivity contribution is 1.22. The van der Waals surface area contributed by atoms with Crippen LogP contribution in [0.25, 0.3) is 16.8 Å². The highest BCUT2D eigenvalue weighted by Gasteiger charge is 2.08. The summed E-state index contributed by atoms with van der Waals surface area (Å²) in [6, 6.07) is 7.67. The lowest BCUT2D eigenvalue weighted by atomic mass is 10.3. The number of fused-ring (bicyclic) bond motifs is 3. The van der Waals surface area contributed by atoms with Gasteiger partial charge < -0.3 is 4.98 Å². The van der Waals surface area contributed by atoms with Crippen LogP contribution in [0.4, 0.5) is 5.82 Å². The highest BCUT2D eigenvalue weighted by atomic mass is 16.3. The van der Waals surface area contributed by atoms with Crippen molar-refractivity contribution in [1.29, 1.82) is 0 Å². The fourth-order valence-corrected chi connectivity index (χ4v) is 1.63. The molecule has 0 saturated heterocycles. The van der Waals surface area contributed by atoms with Gasteiger partial charge in [-0.3, -0.25) is 4.40 Å². The molecule has 68 valence electrons. The number of hydrogen-bond donors (Lipinski definition) is 1. The van der Waals surface area contributed by atoms with Gasteiger partial charge in [-0.25, -0.2) is 4.98 Å². The van der Waals surface area contributed by atoms with Gasteiger partial charge in [-0.15, -0.1) is 4.91 Å². The maximum atomic E-state index is 10.5. The van der Waals surface area contributed by atoms with E-state index < -0.39 is 0 Å². The van der Waals surface area contributed by atoms with Gasteiger partial charge in [-0.1, -0.05) is 12.1 Å². The molecule has 2 heterocycles. The molecule has 0 bridgehead atoms. The van der Waals surface area contributed by atoms with Crippen molar-refractivity contribution in [3.63, 3.8) is 0 Å². The molecule has 0 fully saturated rings. The first-order chi connectivity index (χ1) is 6.90. The molecule has 0 unspecified atom stereocenters. The second-order valence-corrected chi connectivity index (χ2v) is 3.01. The number of aromatic amines is 1. The minimum absolute atomic E-state index is 0.317. The van der Waals surface area contributed by atoms with E-state index in [1.165, 1.54) is 6.20 Å². The van der Waals surface area contributed by atoms with E-state index in [9.17, 15) is 4.91 Å². The summed E-state index contributed by atoms with van der Waals surface area (Å²) in [5.74, 6) is 0.957. The van der Waals surface area contributed by atoms with Crippen molar-refractivity contribution < 1.29 is 0 Å². The molecule has 0 amide bonds. The highest BCUT2D eigenvalue weighted by molar-refractivity contribution is 5.81. The summed E-state index contributed by atoms with van der Waals surface area (Å²) in [4.78, 5) is 17.6. The van der Waals surface area contributed by atoms with E-state index in [2.05, 4.69) is 15.1 Å². The zero-order valence-electron chi connectivity index (χ0n) is 7.14. The number of rotatable bonds is 1. The van der Waals surface area contributed by atoms with E-state index in [1.807, 2.05) is 24.3 Å². The first-order valence-corrected chi connectivity index (χ1v) is 4.17. The minimum atomic E-state index is 0.317. The highest BCUT2D eigenvalue weighted by Crippen LogP contribution is 2.21. The largest absolute Gasteiger partial charge is 0.323 e. The third-order valence-corrected chi connectivity index (χ3v) is 2.23. The molecule has 1 N–H and O–H groups in total. The number of nitrogens with one attached hydrogen (secondary N) is 1. The van der Waals surface area contributed by atoms with Crippen LogP contribution < -0.4 is 0 Å². The first kappa shape index (κ1) is 7.25. The second-order valence-electron chi connectivity index (χ2n) is 3.01. The Morgan fingerprint density at radius 3 is 3.07 bits per heavy atom. The fourth-order valence-electron chi connectivity index (χ4n) is 1.63. The number of aromatic nitrogens is 3. The molecule has 0 aliphatic carbocycles. The molecular formula is C9H6N4O. The van der Waals surface area contributed by atoms with E-state index in [1.54, 1.807) is 4.40 Å². The molecule has 0 saturated carbocycles. The predicted octanol–water partition coefficient (Wildman–Crippen LogP) is 2.21. The number of benzene rings is 1. The summed E-state index contributed by atoms with van der Waals surface area (Å²) >= 11 is 0. The molecule has 1 aromatic carbocycles. The summed E-state index contributed by atoms with van der Waals surface area (Å²) < 4.78 is 1.70. The maximum Gasteiger partial charge on any atom is 0.214 e. The summed E-state index contributed by atoms with van der Waals surface area (Å²) in [6.07, 6.45) is 1.45. The van der Waals surface area contributed by atoms with Crippen molar-refractivity contribution in [3.8, 4) is 0 Å². The normalized spacial score (nSPS) is 11.1. The average molecular weight is 186 g/mol. The Labute approximate surface area is 78.4 Å². The second kappa shape index (κ2) is 2.41. The van der Waals surface area contributed by atoms with Crippen LogP contribution in [0.5, 0.6) is 0 Å². The number of nitroso groups, excluding NO2 is 1. The lowest BCUT2D eigenvalue weighted by Gasteiger charge is -1.89. The quantitative estimate of drug-likeness (QED) is 0.592. The average Bonchev–Trinajstić information content (AvgIpc) is 2.75. The molecule has 5 heteroatoms. The van der Waals surface area contributed by atoms with Gasteiger partial charge in [0, 0.05) is 0 Å². The van der Waals surface area contributed by atoms with Crippen molar-refractivity contribution in [2.24, 2.45) is 5.18 Å². The van der Waals surface area contributed by atoms with Crippen LogP contribution in [-0.4, -0.2) is 14.4 Å². The number of imidazole rings is 2. The third-order valence-electron chi connectivity index (χ3n) is 2.23. The molecule has 0 aliphatic heterocycles. The van der Waals surface area contributed by atoms with Crippen LogP contribution in [0.2, 0.25) is 0 Å². The van der Waals surface area contributed by atoms with Crippen LogP contribution in [0.1, 0.15) is 0 Å². The Hall–Kier alpha value is -2.17. The first-order valence-electron chi connectivity index (χ1n) is 4.17. The van der Waals surface area contributed by atoms with Crippen LogP contribution in [0, 0.1) is 4.91 Å². The zero-order valence-corrected chi connectivity index (χ0v) is 7.14. The summed E-state index contributed by atoms with van der Waals surface area (Å²) in [7, 11) is 0. The Bertz CT molecular complexity index is 622. The third kappa shape index (κ3) is 0.756. The molecule has 5 nitrogen and oxygen atoms in total. The standard InChI is InChI=1S/C9H6N4O/c14-12-8-5-10-9-11-6-3-1-2-4-7(6)13(8)9/h1-5H,(H,10,11). The SMILES string of the molecule is O=Nc1cnc2[nH]c3ccccc3n12. The van der Waals surface area contributed by atoms with Crippen LogP contribution in [0.3, 0.4) is 0 Å². The predicted molar refractivity (Wildman–Crippen MR) is 52.5 cm³/mol. The fraction of sp³-hybridized carbons (Fsp3) is 0. The van der Waals surface area contributed by atoms with E-state index in [0.29, 0.717) is 11.6 Å². The molecule has 3 aromatic rings. The van der Waals surface area contributed by atoms with E-state index in [-0.39, 0.29) is 0 Å². The van der Waals surface area contributed by atoms with Gasteiger partial charge in [-0.2, -0.15) is 0 Å². The maximum absolute atomic E-state index is 10.5. The Morgan fingerprint density at radius 1 is 1.36 bits per heavy atom. The number of para-hydroxylation sites is 2. The van der Waals surface area contributed by atoms with Gasteiger partial charge in [0.25, 0.3) is 0 Å². The summed E-state index contributed by atoms with van der Waals surface area (Å²) in [6.45, 7) is 0. The van der Waals surface area contributed by atoms with Crippen LogP contribution in [0.15, 0.2) is 35.6 Å². The van der Waals surface area contributed by atoms with Crippen molar-refractivity contribution in [1.82, 2.24) is 14.4 Å². The lowest BCUT2D eigenvalue weighted by Crippen LogP contribution is -1.77. The van der Waals surface area contributed by atoms with Gasteiger partial charge in [0.15, 0.2) is 0 Å². The van der Waals surface area contributed by atoms with Crippen molar-refractivity contribution >= 4 is 22.6 Å². The van der Waals surface area contributed by atoms with Gasteiger partial charge >= 0.3 is 0 Å². The molecule has 0 aliphatic rings. The van der Waals surface area contributed by atoms with Crippen molar-refractivity contribution in [3.05, 3.63) is 35.4 Å².